The molecule has 2 aromatic rings. The maximum atomic E-state index is 12.1. The summed E-state index contributed by atoms with van der Waals surface area (Å²) < 4.78 is 27.4. The number of nitrogens with two attached hydrogens (primary N) is 1. The molecule has 94 valence electrons. The fourth-order valence-electron chi connectivity index (χ4n) is 1.43. The van der Waals surface area contributed by atoms with Gasteiger partial charge in [0.05, 0.1) is 10.6 Å². The van der Waals surface area contributed by atoms with E-state index in [0.29, 0.717) is 15.8 Å². The van der Waals surface area contributed by atoms with E-state index in [9.17, 15) is 8.42 Å². The van der Waals surface area contributed by atoms with Gasteiger partial charge in [-0.25, -0.2) is 8.42 Å². The van der Waals surface area contributed by atoms with Crippen LogP contribution in [-0.2, 0) is 10.0 Å². The highest BCUT2D eigenvalue weighted by Gasteiger charge is 2.15. The third-order valence-electron chi connectivity index (χ3n) is 2.29. The maximum absolute atomic E-state index is 12.1. The highest BCUT2D eigenvalue weighted by atomic mass is 79.9. The second kappa shape index (κ2) is 4.99. The van der Waals surface area contributed by atoms with Crippen LogP contribution in [0.15, 0.2) is 57.9 Å². The SMILES string of the molecule is Nc1cccc(S(=O)(=O)Nc2ccccc2Br)c1. The van der Waals surface area contributed by atoms with E-state index in [2.05, 4.69) is 20.7 Å². The van der Waals surface area contributed by atoms with E-state index in [4.69, 9.17) is 5.73 Å². The van der Waals surface area contributed by atoms with Crippen molar-refractivity contribution in [3.8, 4) is 0 Å². The van der Waals surface area contributed by atoms with Crippen LogP contribution in [0.2, 0.25) is 0 Å². The van der Waals surface area contributed by atoms with Crippen LogP contribution in [0.25, 0.3) is 0 Å². The van der Waals surface area contributed by atoms with Gasteiger partial charge in [-0.15, -0.1) is 0 Å². The lowest BCUT2D eigenvalue weighted by Gasteiger charge is -2.09. The molecule has 3 N–H and O–H groups in total. The van der Waals surface area contributed by atoms with Gasteiger partial charge in [0, 0.05) is 10.2 Å². The van der Waals surface area contributed by atoms with Gasteiger partial charge in [-0.1, -0.05) is 18.2 Å². The summed E-state index contributed by atoms with van der Waals surface area (Å²) in [5.74, 6) is 0. The number of halogens is 1. The van der Waals surface area contributed by atoms with Crippen molar-refractivity contribution in [3.63, 3.8) is 0 Å². The number of hydrogen-bond donors (Lipinski definition) is 2. The summed E-state index contributed by atoms with van der Waals surface area (Å²) in [6, 6.07) is 13.1. The monoisotopic (exact) mass is 326 g/mol. The molecule has 0 radical (unpaired) electrons. The van der Waals surface area contributed by atoms with Crippen LogP contribution in [0.3, 0.4) is 0 Å². The Morgan fingerprint density at radius 1 is 1.06 bits per heavy atom. The number of rotatable bonds is 3. The lowest BCUT2D eigenvalue weighted by molar-refractivity contribution is 0.601. The Morgan fingerprint density at radius 2 is 1.78 bits per heavy atom. The maximum Gasteiger partial charge on any atom is 0.262 e. The summed E-state index contributed by atoms with van der Waals surface area (Å²) >= 11 is 3.28. The van der Waals surface area contributed by atoms with E-state index in [1.165, 1.54) is 12.1 Å². The van der Waals surface area contributed by atoms with E-state index in [-0.39, 0.29) is 4.90 Å². The molecule has 0 unspecified atom stereocenters. The van der Waals surface area contributed by atoms with Gasteiger partial charge in [0.25, 0.3) is 10.0 Å². The first-order chi connectivity index (χ1) is 8.49. The Labute approximate surface area is 114 Å². The summed E-state index contributed by atoms with van der Waals surface area (Å²) in [5.41, 5.74) is 6.47. The van der Waals surface area contributed by atoms with E-state index in [1.54, 1.807) is 30.3 Å². The molecule has 0 heterocycles. The normalized spacial score (nSPS) is 11.2. The van der Waals surface area contributed by atoms with Gasteiger partial charge in [0.1, 0.15) is 0 Å². The van der Waals surface area contributed by atoms with Gasteiger partial charge in [-0.3, -0.25) is 4.72 Å². The minimum absolute atomic E-state index is 0.137. The molecule has 18 heavy (non-hydrogen) atoms. The summed E-state index contributed by atoms with van der Waals surface area (Å²) in [7, 11) is -3.62. The first kappa shape index (κ1) is 12.9. The smallest absolute Gasteiger partial charge is 0.262 e. The first-order valence-corrected chi connectivity index (χ1v) is 7.39. The third kappa shape index (κ3) is 2.83. The first-order valence-electron chi connectivity index (χ1n) is 5.12. The van der Waals surface area contributed by atoms with Gasteiger partial charge < -0.3 is 5.73 Å². The largest absolute Gasteiger partial charge is 0.399 e. The summed E-state index contributed by atoms with van der Waals surface area (Å²) in [6.45, 7) is 0. The molecule has 0 saturated heterocycles. The van der Waals surface area contributed by atoms with Crippen molar-refractivity contribution < 1.29 is 8.42 Å². The lowest BCUT2D eigenvalue weighted by Crippen LogP contribution is -2.13. The molecule has 4 nitrogen and oxygen atoms in total. The Kier molecular flexibility index (Phi) is 3.58. The second-order valence-corrected chi connectivity index (χ2v) is 6.19. The minimum Gasteiger partial charge on any atom is -0.399 e. The van der Waals surface area contributed by atoms with Crippen LogP contribution in [0, 0.1) is 0 Å². The number of nitrogens with one attached hydrogen (secondary N) is 1. The zero-order valence-corrected chi connectivity index (χ0v) is 11.7. The Morgan fingerprint density at radius 3 is 2.44 bits per heavy atom. The summed E-state index contributed by atoms with van der Waals surface area (Å²) in [6.07, 6.45) is 0. The topological polar surface area (TPSA) is 72.2 Å². The van der Waals surface area contributed by atoms with Crippen LogP contribution in [0.4, 0.5) is 11.4 Å². The second-order valence-electron chi connectivity index (χ2n) is 3.66. The van der Waals surface area contributed by atoms with E-state index >= 15 is 0 Å². The third-order valence-corrected chi connectivity index (χ3v) is 4.34. The van der Waals surface area contributed by atoms with Crippen molar-refractivity contribution in [1.82, 2.24) is 0 Å². The molecular formula is C12H11BrN2O2S. The molecule has 0 bridgehead atoms. The molecule has 0 aromatic heterocycles. The van der Waals surface area contributed by atoms with Crippen LogP contribution < -0.4 is 10.5 Å². The number of nitrogen functional groups attached to an aromatic ring is 1. The predicted molar refractivity (Wildman–Crippen MR) is 75.8 cm³/mol. The van der Waals surface area contributed by atoms with Gasteiger partial charge in [-0.05, 0) is 46.3 Å². The number of benzene rings is 2. The number of sulfonamides is 1. The Bertz CT molecular complexity index is 671. The molecule has 0 aliphatic carbocycles. The average molecular weight is 327 g/mol. The van der Waals surface area contributed by atoms with Gasteiger partial charge >= 0.3 is 0 Å². The molecule has 0 aliphatic heterocycles. The zero-order chi connectivity index (χ0) is 13.2. The van der Waals surface area contributed by atoms with Crippen LogP contribution in [-0.4, -0.2) is 8.42 Å². The molecule has 0 fully saturated rings. The van der Waals surface area contributed by atoms with Crippen molar-refractivity contribution in [3.05, 3.63) is 53.0 Å². The molecule has 0 spiro atoms. The highest BCUT2D eigenvalue weighted by Crippen LogP contribution is 2.24. The van der Waals surface area contributed by atoms with Gasteiger partial charge in [-0.2, -0.15) is 0 Å². The van der Waals surface area contributed by atoms with E-state index < -0.39 is 10.0 Å². The van der Waals surface area contributed by atoms with Crippen molar-refractivity contribution in [2.45, 2.75) is 4.90 Å². The molecule has 2 aromatic carbocycles. The molecule has 6 heteroatoms. The van der Waals surface area contributed by atoms with Crippen LogP contribution in [0.5, 0.6) is 0 Å². The number of hydrogen-bond acceptors (Lipinski definition) is 3. The predicted octanol–water partition coefficient (Wildman–Crippen LogP) is 2.83. The van der Waals surface area contributed by atoms with Gasteiger partial charge in [0.15, 0.2) is 0 Å². The fourth-order valence-corrected chi connectivity index (χ4v) is 3.08. The molecule has 0 aliphatic rings. The van der Waals surface area contributed by atoms with E-state index in [1.807, 2.05) is 6.07 Å². The molecule has 0 saturated carbocycles. The zero-order valence-electron chi connectivity index (χ0n) is 9.30. The Balaban J connectivity index is 2.37. The summed E-state index contributed by atoms with van der Waals surface area (Å²) in [5, 5.41) is 0. The van der Waals surface area contributed by atoms with Crippen molar-refractivity contribution in [2.75, 3.05) is 10.5 Å². The molecule has 2 rings (SSSR count). The average Bonchev–Trinajstić information content (AvgIpc) is 2.32. The Hall–Kier alpha value is -1.53. The molecule has 0 amide bonds. The van der Waals surface area contributed by atoms with Gasteiger partial charge in [0.2, 0.25) is 0 Å². The standard InChI is InChI=1S/C12H11BrN2O2S/c13-11-6-1-2-7-12(11)15-18(16,17)10-5-3-4-9(14)8-10/h1-8,15H,14H2. The number of para-hydroxylation sites is 1. The van der Waals surface area contributed by atoms with Crippen molar-refractivity contribution in [1.29, 1.82) is 0 Å². The quantitative estimate of drug-likeness (QED) is 0.852. The van der Waals surface area contributed by atoms with Crippen molar-refractivity contribution in [2.24, 2.45) is 0 Å². The molecular weight excluding hydrogens is 316 g/mol. The molecule has 0 atom stereocenters. The minimum atomic E-state index is -3.62. The number of anilines is 2. The van der Waals surface area contributed by atoms with E-state index in [0.717, 1.165) is 0 Å². The van der Waals surface area contributed by atoms with Crippen LogP contribution in [0.1, 0.15) is 0 Å². The lowest BCUT2D eigenvalue weighted by atomic mass is 10.3. The highest BCUT2D eigenvalue weighted by molar-refractivity contribution is 9.10. The van der Waals surface area contributed by atoms with Crippen LogP contribution >= 0.6 is 15.9 Å². The summed E-state index contributed by atoms with van der Waals surface area (Å²) in [4.78, 5) is 0.137. The van der Waals surface area contributed by atoms with Crippen molar-refractivity contribution >= 4 is 37.3 Å². The fraction of sp³-hybridized carbons (Fsp3) is 0.